The van der Waals surface area contributed by atoms with Gasteiger partial charge in [0.15, 0.2) is 0 Å². The Kier molecular flexibility index (Phi) is 3.65. The Morgan fingerprint density at radius 1 is 1.56 bits per heavy atom. The third kappa shape index (κ3) is 2.38. The maximum atomic E-state index is 11.5. The van der Waals surface area contributed by atoms with Gasteiger partial charge in [0.25, 0.3) is 0 Å². The molecule has 18 heavy (non-hydrogen) atoms. The minimum absolute atomic E-state index is 0.132. The molecule has 3 atom stereocenters. The van der Waals surface area contributed by atoms with E-state index in [0.717, 1.165) is 30.8 Å². The lowest BCUT2D eigenvalue weighted by Crippen LogP contribution is -2.08. The molecule has 0 unspecified atom stereocenters. The van der Waals surface area contributed by atoms with Gasteiger partial charge in [-0.25, -0.2) is 4.79 Å². The highest BCUT2D eigenvalue weighted by molar-refractivity contribution is 5.88. The van der Waals surface area contributed by atoms with Crippen LogP contribution in [0.2, 0.25) is 0 Å². The van der Waals surface area contributed by atoms with E-state index in [1.54, 1.807) is 0 Å². The first-order valence-corrected chi connectivity index (χ1v) is 6.91. The molecule has 1 fully saturated rings. The number of carbonyl (C=O) groups is 1. The summed E-state index contributed by atoms with van der Waals surface area (Å²) in [5.41, 5.74) is 2.71. The molecule has 2 rings (SSSR count). The Morgan fingerprint density at radius 3 is 2.89 bits per heavy atom. The molecule has 2 heteroatoms. The van der Waals surface area contributed by atoms with E-state index in [2.05, 4.69) is 32.9 Å². The molecule has 100 valence electrons. The Labute approximate surface area is 110 Å². The summed E-state index contributed by atoms with van der Waals surface area (Å²) in [5.74, 6) is 1.26. The Morgan fingerprint density at radius 2 is 2.28 bits per heavy atom. The van der Waals surface area contributed by atoms with Crippen molar-refractivity contribution >= 4 is 5.97 Å². The molecule has 0 radical (unpaired) electrons. The lowest BCUT2D eigenvalue weighted by Gasteiger charge is -2.09. The lowest BCUT2D eigenvalue weighted by molar-refractivity contribution is -0.136. The number of fused-ring (bicyclic) bond motifs is 1. The Balaban J connectivity index is 1.98. The molecule has 0 amide bonds. The summed E-state index contributed by atoms with van der Waals surface area (Å²) in [6.07, 6.45) is 8.94. The van der Waals surface area contributed by atoms with Gasteiger partial charge in [-0.1, -0.05) is 24.6 Å². The van der Waals surface area contributed by atoms with Gasteiger partial charge in [0.05, 0.1) is 7.11 Å². The van der Waals surface area contributed by atoms with Crippen molar-refractivity contribution in [3.05, 3.63) is 23.3 Å². The van der Waals surface area contributed by atoms with E-state index in [9.17, 15) is 4.79 Å². The van der Waals surface area contributed by atoms with Crippen LogP contribution in [0.1, 0.15) is 46.5 Å². The van der Waals surface area contributed by atoms with Crippen LogP contribution in [0.3, 0.4) is 0 Å². The molecule has 1 saturated carbocycles. The van der Waals surface area contributed by atoms with Crippen LogP contribution >= 0.6 is 0 Å². The summed E-state index contributed by atoms with van der Waals surface area (Å²) in [7, 11) is 1.47. The predicted octanol–water partition coefficient (Wildman–Crippen LogP) is 3.88. The fraction of sp³-hybridized carbons (Fsp3) is 0.688. The normalized spacial score (nSPS) is 33.2. The summed E-state index contributed by atoms with van der Waals surface area (Å²) >= 11 is 0. The van der Waals surface area contributed by atoms with Gasteiger partial charge in [-0.15, -0.1) is 0 Å². The summed E-state index contributed by atoms with van der Waals surface area (Å²) in [5, 5.41) is 0. The molecule has 0 saturated heterocycles. The third-order valence-electron chi connectivity index (χ3n) is 4.72. The first kappa shape index (κ1) is 13.4. The molecule has 0 aliphatic heterocycles. The molecule has 0 aromatic rings. The molecule has 0 N–H and O–H groups in total. The van der Waals surface area contributed by atoms with Gasteiger partial charge in [-0.3, -0.25) is 0 Å². The maximum Gasteiger partial charge on any atom is 0.333 e. The Bertz CT molecular complexity index is 401. The van der Waals surface area contributed by atoms with E-state index in [1.807, 2.05) is 0 Å². The van der Waals surface area contributed by atoms with E-state index in [0.29, 0.717) is 11.3 Å². The highest BCUT2D eigenvalue weighted by Crippen LogP contribution is 2.66. The maximum absolute atomic E-state index is 11.5. The van der Waals surface area contributed by atoms with E-state index < -0.39 is 0 Å². The van der Waals surface area contributed by atoms with Gasteiger partial charge in [-0.2, -0.15) is 0 Å². The van der Waals surface area contributed by atoms with Crippen molar-refractivity contribution in [2.24, 2.45) is 17.3 Å². The number of hydrogen-bond donors (Lipinski definition) is 0. The summed E-state index contributed by atoms with van der Waals surface area (Å²) in [6.45, 7) is 6.67. The topological polar surface area (TPSA) is 26.3 Å². The minimum atomic E-state index is -0.132. The number of ether oxygens (including phenoxy) is 1. The van der Waals surface area contributed by atoms with E-state index >= 15 is 0 Å². The van der Waals surface area contributed by atoms with Crippen molar-refractivity contribution in [1.29, 1.82) is 0 Å². The molecule has 2 nitrogen and oxygen atoms in total. The van der Waals surface area contributed by atoms with Gasteiger partial charge in [-0.05, 0) is 56.8 Å². The number of esters is 1. The zero-order valence-electron chi connectivity index (χ0n) is 12.0. The van der Waals surface area contributed by atoms with Crippen LogP contribution in [0.4, 0.5) is 0 Å². The first-order chi connectivity index (χ1) is 8.49. The molecule has 0 aromatic heterocycles. The smallest absolute Gasteiger partial charge is 0.333 e. The van der Waals surface area contributed by atoms with Crippen molar-refractivity contribution < 1.29 is 9.53 Å². The molecular weight excluding hydrogens is 224 g/mol. The van der Waals surface area contributed by atoms with Crippen LogP contribution in [0, 0.1) is 17.3 Å². The highest BCUT2D eigenvalue weighted by atomic mass is 16.5. The van der Waals surface area contributed by atoms with Crippen LogP contribution in [-0.4, -0.2) is 13.1 Å². The van der Waals surface area contributed by atoms with Gasteiger partial charge in [0.1, 0.15) is 0 Å². The summed E-state index contributed by atoms with van der Waals surface area (Å²) in [6, 6.07) is 0. The van der Waals surface area contributed by atoms with Crippen LogP contribution in [-0.2, 0) is 9.53 Å². The second-order valence-corrected chi connectivity index (χ2v) is 6.18. The SMILES string of the molecule is COC(=O)C1=C[C@@H]2[C@H](CC1)[C@@]2(C)CCC=C(C)C. The number of methoxy groups -OCH3 is 1. The van der Waals surface area contributed by atoms with Crippen LogP contribution in [0.15, 0.2) is 23.3 Å². The van der Waals surface area contributed by atoms with Crippen molar-refractivity contribution in [2.45, 2.75) is 46.5 Å². The molecule has 0 aromatic carbocycles. The molecular formula is C16H24O2. The summed E-state index contributed by atoms with van der Waals surface area (Å²) < 4.78 is 4.82. The van der Waals surface area contributed by atoms with E-state index in [-0.39, 0.29) is 5.97 Å². The predicted molar refractivity (Wildman–Crippen MR) is 73.1 cm³/mol. The monoisotopic (exact) mass is 248 g/mol. The van der Waals surface area contributed by atoms with E-state index in [1.165, 1.54) is 19.1 Å². The van der Waals surface area contributed by atoms with Crippen LogP contribution in [0.5, 0.6) is 0 Å². The van der Waals surface area contributed by atoms with Crippen LogP contribution < -0.4 is 0 Å². The van der Waals surface area contributed by atoms with Gasteiger partial charge >= 0.3 is 5.97 Å². The largest absolute Gasteiger partial charge is 0.466 e. The van der Waals surface area contributed by atoms with Gasteiger partial charge in [0.2, 0.25) is 0 Å². The van der Waals surface area contributed by atoms with Crippen LogP contribution in [0.25, 0.3) is 0 Å². The number of carbonyl (C=O) groups excluding carboxylic acids is 1. The number of rotatable bonds is 4. The number of allylic oxidation sites excluding steroid dienone is 3. The van der Waals surface area contributed by atoms with Crippen molar-refractivity contribution in [3.8, 4) is 0 Å². The second-order valence-electron chi connectivity index (χ2n) is 6.18. The third-order valence-corrected chi connectivity index (χ3v) is 4.72. The average molecular weight is 248 g/mol. The van der Waals surface area contributed by atoms with Crippen molar-refractivity contribution in [1.82, 2.24) is 0 Å². The van der Waals surface area contributed by atoms with Crippen molar-refractivity contribution in [2.75, 3.05) is 7.11 Å². The standard InChI is InChI=1S/C16H24O2/c1-11(2)6-5-9-16(3)13-8-7-12(10-14(13)16)15(17)18-4/h6,10,13-14H,5,7-9H2,1-4H3/t13-,14+,16+/m0/s1. The fourth-order valence-electron chi connectivity index (χ4n) is 3.45. The molecule has 0 heterocycles. The van der Waals surface area contributed by atoms with E-state index in [4.69, 9.17) is 4.74 Å². The summed E-state index contributed by atoms with van der Waals surface area (Å²) in [4.78, 5) is 11.5. The Hall–Kier alpha value is -1.05. The zero-order chi connectivity index (χ0) is 13.3. The fourth-order valence-corrected chi connectivity index (χ4v) is 3.45. The zero-order valence-corrected chi connectivity index (χ0v) is 12.0. The molecule has 2 aliphatic carbocycles. The molecule has 0 spiro atoms. The van der Waals surface area contributed by atoms with Gasteiger partial charge < -0.3 is 4.74 Å². The molecule has 0 bridgehead atoms. The lowest BCUT2D eigenvalue weighted by atomic mass is 9.96. The highest BCUT2D eigenvalue weighted by Gasteiger charge is 2.59. The second kappa shape index (κ2) is 4.91. The van der Waals surface area contributed by atoms with Gasteiger partial charge in [0, 0.05) is 5.57 Å². The number of hydrogen-bond acceptors (Lipinski definition) is 2. The average Bonchev–Trinajstić information content (AvgIpc) is 2.93. The quantitative estimate of drug-likeness (QED) is 0.557. The van der Waals surface area contributed by atoms with Crippen molar-refractivity contribution in [3.63, 3.8) is 0 Å². The minimum Gasteiger partial charge on any atom is -0.466 e. The first-order valence-electron chi connectivity index (χ1n) is 6.91. The molecule has 2 aliphatic rings.